The van der Waals surface area contributed by atoms with E-state index in [9.17, 15) is 9.59 Å². The topological polar surface area (TPSA) is 95.8 Å². The van der Waals surface area contributed by atoms with Crippen LogP contribution in [0.15, 0.2) is 9.98 Å². The Bertz CT molecular complexity index is 728. The van der Waals surface area contributed by atoms with Gasteiger partial charge in [0.15, 0.2) is 23.9 Å². The third-order valence-corrected chi connectivity index (χ3v) is 7.50. The number of unbranched alkanes of at least 4 members (excludes halogenated alkanes) is 4. The van der Waals surface area contributed by atoms with Gasteiger partial charge in [0.25, 0.3) is 0 Å². The Morgan fingerprint density at radius 1 is 0.730 bits per heavy atom. The van der Waals surface area contributed by atoms with Gasteiger partial charge in [0.2, 0.25) is 0 Å². The van der Waals surface area contributed by atoms with Crippen LogP contribution in [0, 0.1) is 5.41 Å². The Labute approximate surface area is 223 Å². The van der Waals surface area contributed by atoms with Gasteiger partial charge in [-0.2, -0.15) is 0 Å². The lowest BCUT2D eigenvalue weighted by atomic mass is 10.1. The smallest absolute Gasteiger partial charge is 0.334 e. The summed E-state index contributed by atoms with van der Waals surface area (Å²) in [6, 6.07) is -1.31. The third-order valence-electron chi connectivity index (χ3n) is 7.50. The highest BCUT2D eigenvalue weighted by Crippen LogP contribution is 2.51. The summed E-state index contributed by atoms with van der Waals surface area (Å²) < 4.78 is 23.5. The Morgan fingerprint density at radius 2 is 1.08 bits per heavy atom. The van der Waals surface area contributed by atoms with Crippen molar-refractivity contribution in [3.63, 3.8) is 0 Å². The molecule has 3 rings (SSSR count). The first-order valence-corrected chi connectivity index (χ1v) is 14.8. The van der Waals surface area contributed by atoms with Crippen LogP contribution in [0.3, 0.4) is 0 Å². The average Bonchev–Trinajstić information content (AvgIpc) is 3.31. The van der Waals surface area contributed by atoms with Crippen LogP contribution in [0.25, 0.3) is 0 Å². The maximum Gasteiger partial charge on any atom is 0.334 e. The Hall–Kier alpha value is -2.12. The molecule has 1 fully saturated rings. The van der Waals surface area contributed by atoms with Gasteiger partial charge in [-0.3, -0.25) is 0 Å². The van der Waals surface area contributed by atoms with Crippen molar-refractivity contribution < 1.29 is 28.5 Å². The maximum atomic E-state index is 12.9. The van der Waals surface area contributed by atoms with E-state index in [0.29, 0.717) is 11.8 Å². The van der Waals surface area contributed by atoms with Crippen molar-refractivity contribution >= 4 is 23.7 Å². The van der Waals surface area contributed by atoms with Crippen molar-refractivity contribution in [3.05, 3.63) is 0 Å². The summed E-state index contributed by atoms with van der Waals surface area (Å²) in [5.41, 5.74) is -0.558. The number of carbonyl (C=O) groups is 2. The van der Waals surface area contributed by atoms with Gasteiger partial charge >= 0.3 is 11.9 Å². The van der Waals surface area contributed by atoms with Crippen molar-refractivity contribution in [2.45, 2.75) is 142 Å². The van der Waals surface area contributed by atoms with Crippen molar-refractivity contribution in [2.75, 3.05) is 13.2 Å². The second-order valence-electron chi connectivity index (χ2n) is 10.8. The third kappa shape index (κ3) is 8.18. The normalized spacial score (nSPS) is 21.9. The second-order valence-corrected chi connectivity index (χ2v) is 10.8. The first kappa shape index (κ1) is 29.4. The predicted octanol–water partition coefficient (Wildman–Crippen LogP) is 5.95. The molecule has 0 saturated heterocycles. The van der Waals surface area contributed by atoms with Gasteiger partial charge in [-0.15, -0.1) is 0 Å². The monoisotopic (exact) mass is 520 g/mol. The zero-order valence-corrected chi connectivity index (χ0v) is 23.5. The van der Waals surface area contributed by atoms with E-state index >= 15 is 0 Å². The largest absolute Gasteiger partial charge is 0.477 e. The van der Waals surface area contributed by atoms with Gasteiger partial charge in [0.05, 0.1) is 0 Å². The summed E-state index contributed by atoms with van der Waals surface area (Å²) >= 11 is 0. The van der Waals surface area contributed by atoms with Crippen molar-refractivity contribution in [3.8, 4) is 0 Å². The van der Waals surface area contributed by atoms with E-state index in [1.165, 1.54) is 0 Å². The van der Waals surface area contributed by atoms with E-state index in [-0.39, 0.29) is 37.4 Å². The number of hydrogen-bond acceptors (Lipinski definition) is 8. The van der Waals surface area contributed by atoms with E-state index in [2.05, 4.69) is 37.7 Å². The number of carbonyl (C=O) groups excluding carboxylic acids is 2. The number of ether oxygens (including phenoxy) is 4. The molecule has 0 bridgehead atoms. The van der Waals surface area contributed by atoms with Crippen LogP contribution in [0.4, 0.5) is 0 Å². The van der Waals surface area contributed by atoms with E-state index in [4.69, 9.17) is 18.9 Å². The average molecular weight is 521 g/mol. The molecule has 0 amide bonds. The molecule has 0 radical (unpaired) electrons. The minimum absolute atomic E-state index is 0.0608. The van der Waals surface area contributed by atoms with Gasteiger partial charge in [-0.05, 0) is 38.5 Å². The zero-order chi connectivity index (χ0) is 26.7. The molecule has 2 atom stereocenters. The highest BCUT2D eigenvalue weighted by atomic mass is 16.6. The summed E-state index contributed by atoms with van der Waals surface area (Å²) in [6.07, 6.45) is 13.4. The highest BCUT2D eigenvalue weighted by Gasteiger charge is 2.59. The molecule has 0 aromatic carbocycles. The molecule has 37 heavy (non-hydrogen) atoms. The number of rotatable bonds is 18. The maximum absolute atomic E-state index is 12.9. The molecule has 2 heterocycles. The van der Waals surface area contributed by atoms with Crippen LogP contribution >= 0.6 is 0 Å². The Kier molecular flexibility index (Phi) is 11.7. The van der Waals surface area contributed by atoms with Crippen molar-refractivity contribution in [1.82, 2.24) is 0 Å². The summed E-state index contributed by atoms with van der Waals surface area (Å²) in [5, 5.41) is 0. The SMILES string of the molecule is CCCCC(CCCC)OC(=O)[C@@H]1COC(C2(C3=N[C@H](C(=O)OC(CCCC)CCCC)CO3)CC2)=N1. The van der Waals surface area contributed by atoms with Crippen LogP contribution in [0.5, 0.6) is 0 Å². The first-order chi connectivity index (χ1) is 18.0. The summed E-state index contributed by atoms with van der Waals surface area (Å²) in [5.74, 6) is 0.349. The molecule has 0 unspecified atom stereocenters. The molecule has 1 saturated carbocycles. The van der Waals surface area contributed by atoms with Gasteiger partial charge in [-0.1, -0.05) is 79.1 Å². The lowest BCUT2D eigenvalue weighted by Crippen LogP contribution is -2.28. The molecule has 3 aliphatic rings. The molecular formula is C29H48N2O6. The predicted molar refractivity (Wildman–Crippen MR) is 144 cm³/mol. The van der Waals surface area contributed by atoms with Gasteiger partial charge in [-0.25, -0.2) is 19.6 Å². The van der Waals surface area contributed by atoms with E-state index in [1.54, 1.807) is 0 Å². The summed E-state index contributed by atoms with van der Waals surface area (Å²) in [4.78, 5) is 34.9. The minimum atomic E-state index is -0.654. The van der Waals surface area contributed by atoms with Crippen LogP contribution < -0.4 is 0 Å². The molecule has 2 aliphatic heterocycles. The summed E-state index contributed by atoms with van der Waals surface area (Å²) in [6.45, 7) is 8.93. The summed E-state index contributed by atoms with van der Waals surface area (Å²) in [7, 11) is 0. The molecule has 0 aromatic rings. The Balaban J connectivity index is 1.59. The fourth-order valence-corrected chi connectivity index (χ4v) is 4.89. The lowest BCUT2D eigenvalue weighted by molar-refractivity contribution is -0.152. The molecule has 0 N–H and O–H groups in total. The van der Waals surface area contributed by atoms with Crippen molar-refractivity contribution in [2.24, 2.45) is 15.4 Å². The number of aliphatic imine (C=N–C) groups is 2. The molecular weight excluding hydrogens is 472 g/mol. The minimum Gasteiger partial charge on any atom is -0.477 e. The fourth-order valence-electron chi connectivity index (χ4n) is 4.89. The standard InChI is InChI=1S/C29H48N2O6/c1-5-9-13-21(14-10-6-2)36-25(32)23-19-34-27(30-23)29(17-18-29)28-31-24(20-35-28)26(33)37-22(15-11-7-3)16-12-8-4/h21-24H,5-20H2,1-4H3/t23-,24-/m0/s1. The van der Waals surface area contributed by atoms with Crippen LogP contribution in [-0.4, -0.2) is 61.2 Å². The molecule has 8 heteroatoms. The van der Waals surface area contributed by atoms with Crippen LogP contribution in [-0.2, 0) is 28.5 Å². The van der Waals surface area contributed by atoms with Crippen LogP contribution in [0.2, 0.25) is 0 Å². The van der Waals surface area contributed by atoms with E-state index in [0.717, 1.165) is 89.9 Å². The van der Waals surface area contributed by atoms with Gasteiger partial charge in [0.1, 0.15) is 30.8 Å². The van der Waals surface area contributed by atoms with Crippen molar-refractivity contribution in [1.29, 1.82) is 0 Å². The zero-order valence-electron chi connectivity index (χ0n) is 23.5. The van der Waals surface area contributed by atoms with E-state index in [1.807, 2.05) is 0 Å². The molecule has 0 aromatic heterocycles. The second kappa shape index (κ2) is 14.7. The number of esters is 2. The number of hydrogen-bond donors (Lipinski definition) is 0. The van der Waals surface area contributed by atoms with Gasteiger partial charge < -0.3 is 18.9 Å². The lowest BCUT2D eigenvalue weighted by Gasteiger charge is -2.18. The van der Waals surface area contributed by atoms with Gasteiger partial charge in [0, 0.05) is 0 Å². The quantitative estimate of drug-likeness (QED) is 0.207. The van der Waals surface area contributed by atoms with Crippen LogP contribution in [0.1, 0.15) is 118 Å². The first-order valence-electron chi connectivity index (χ1n) is 14.8. The highest BCUT2D eigenvalue weighted by molar-refractivity contribution is 6.10. The molecule has 0 spiro atoms. The Morgan fingerprint density at radius 3 is 1.38 bits per heavy atom. The molecule has 8 nitrogen and oxygen atoms in total. The fraction of sp³-hybridized carbons (Fsp3) is 0.862. The number of nitrogens with zero attached hydrogens (tertiary/aromatic N) is 2. The molecule has 1 aliphatic carbocycles. The van der Waals surface area contributed by atoms with E-state index < -0.39 is 17.5 Å². The molecule has 210 valence electrons.